The van der Waals surface area contributed by atoms with Crippen molar-refractivity contribution in [3.63, 3.8) is 0 Å². The maximum atomic E-state index is 9.09. The number of para-hydroxylation sites is 3. The smallest absolute Gasteiger partial charge is 0.238 e. The van der Waals surface area contributed by atoms with Gasteiger partial charge in [-0.3, -0.25) is 4.57 Å². The van der Waals surface area contributed by atoms with Gasteiger partial charge in [0.05, 0.1) is 22.1 Å². The van der Waals surface area contributed by atoms with Crippen LogP contribution in [0.3, 0.4) is 0 Å². The molecule has 1 fully saturated rings. The van der Waals surface area contributed by atoms with Gasteiger partial charge in [0, 0.05) is 39.7 Å². The van der Waals surface area contributed by atoms with Gasteiger partial charge in [-0.1, -0.05) is 165 Å². The lowest BCUT2D eigenvalue weighted by molar-refractivity contribution is 0.443. The molecule has 1 aliphatic carbocycles. The molecule has 10 aromatic rings. The Balaban J connectivity index is 1.12. The monoisotopic (exact) mass is 722 g/mol. The van der Waals surface area contributed by atoms with Crippen molar-refractivity contribution in [3.05, 3.63) is 175 Å². The van der Waals surface area contributed by atoms with Crippen molar-refractivity contribution >= 4 is 43.6 Å². The predicted octanol–water partition coefficient (Wildman–Crippen LogP) is 13.1. The molecule has 0 amide bonds. The van der Waals surface area contributed by atoms with Crippen molar-refractivity contribution in [3.8, 4) is 45.5 Å². The van der Waals surface area contributed by atoms with Gasteiger partial charge in [-0.05, 0) is 59.7 Å². The van der Waals surface area contributed by atoms with Crippen molar-refractivity contribution < 1.29 is 1.37 Å². The lowest BCUT2D eigenvalue weighted by atomic mass is 9.84. The molecule has 0 radical (unpaired) electrons. The molecule has 3 aromatic heterocycles. The largest absolute Gasteiger partial charge is 0.307 e. The normalized spacial score (nSPS) is 14.5. The molecule has 0 aliphatic heterocycles. The Morgan fingerprint density at radius 2 is 0.893 bits per heavy atom. The van der Waals surface area contributed by atoms with Gasteiger partial charge < -0.3 is 4.57 Å². The van der Waals surface area contributed by atoms with E-state index in [4.69, 9.17) is 16.3 Å². The van der Waals surface area contributed by atoms with E-state index in [0.717, 1.165) is 92.0 Å². The third-order valence-corrected chi connectivity index (χ3v) is 11.6. The van der Waals surface area contributed by atoms with E-state index in [2.05, 4.69) is 161 Å². The molecule has 5 nitrogen and oxygen atoms in total. The topological polar surface area (TPSA) is 48.5 Å². The highest BCUT2D eigenvalue weighted by molar-refractivity contribution is 6.23. The van der Waals surface area contributed by atoms with Crippen molar-refractivity contribution in [2.75, 3.05) is 0 Å². The third-order valence-electron chi connectivity index (χ3n) is 11.6. The van der Waals surface area contributed by atoms with Gasteiger partial charge >= 0.3 is 0 Å². The molecule has 0 unspecified atom stereocenters. The minimum Gasteiger partial charge on any atom is -0.307 e. The van der Waals surface area contributed by atoms with E-state index in [0.29, 0.717) is 17.6 Å². The van der Waals surface area contributed by atoms with Crippen LogP contribution in [0.1, 0.15) is 44.9 Å². The molecule has 0 N–H and O–H groups in total. The molecule has 7 aromatic carbocycles. The van der Waals surface area contributed by atoms with E-state index >= 15 is 0 Å². The minimum atomic E-state index is -0.465. The molecule has 0 atom stereocenters. The first kappa shape index (κ1) is 31.5. The molecule has 1 saturated carbocycles. The Labute approximate surface area is 327 Å². The van der Waals surface area contributed by atoms with Crippen LogP contribution in [0.2, 0.25) is 0 Å². The van der Waals surface area contributed by atoms with Crippen molar-refractivity contribution in [2.45, 2.75) is 38.0 Å². The first-order chi connectivity index (χ1) is 28.1. The molecule has 11 rings (SSSR count). The Morgan fingerprint density at radius 3 is 1.52 bits per heavy atom. The van der Waals surface area contributed by atoms with Crippen molar-refractivity contribution in [1.82, 2.24) is 24.1 Å². The summed E-state index contributed by atoms with van der Waals surface area (Å²) in [6.07, 6.45) is 5.39. The van der Waals surface area contributed by atoms with Gasteiger partial charge in [0.15, 0.2) is 11.6 Å². The van der Waals surface area contributed by atoms with Crippen LogP contribution in [0.4, 0.5) is 0 Å². The number of hydrogen-bond donors (Lipinski definition) is 0. The van der Waals surface area contributed by atoms with Gasteiger partial charge in [-0.2, -0.15) is 9.97 Å². The van der Waals surface area contributed by atoms with Gasteiger partial charge in [-0.15, -0.1) is 0 Å². The second kappa shape index (κ2) is 13.5. The fourth-order valence-electron chi connectivity index (χ4n) is 8.84. The number of rotatable bonds is 6. The summed E-state index contributed by atoms with van der Waals surface area (Å²) >= 11 is 0. The molecule has 0 bridgehead atoms. The average molecular weight is 723 g/mol. The number of fused-ring (bicyclic) bond motifs is 7. The van der Waals surface area contributed by atoms with E-state index in [1.54, 1.807) is 0 Å². The Morgan fingerprint density at radius 1 is 0.411 bits per heavy atom. The summed E-state index contributed by atoms with van der Waals surface area (Å²) in [5.74, 6) is 1.32. The lowest BCUT2D eigenvalue weighted by Gasteiger charge is -2.22. The maximum Gasteiger partial charge on any atom is 0.238 e. The lowest BCUT2D eigenvalue weighted by Crippen LogP contribution is -2.07. The van der Waals surface area contributed by atoms with Crippen LogP contribution >= 0.6 is 0 Å². The Hall–Kier alpha value is -6.85. The number of hydrogen-bond acceptors (Lipinski definition) is 3. The second-order valence-electron chi connectivity index (χ2n) is 14.9. The second-order valence-corrected chi connectivity index (χ2v) is 14.9. The van der Waals surface area contributed by atoms with E-state index in [9.17, 15) is 0 Å². The Bertz CT molecular complexity index is 3090. The fraction of sp³-hybridized carbons (Fsp3) is 0.118. The highest BCUT2D eigenvalue weighted by atomic mass is 15.2. The van der Waals surface area contributed by atoms with E-state index in [1.807, 2.05) is 18.2 Å². The molecule has 268 valence electrons. The molecule has 56 heavy (non-hydrogen) atoms. The predicted molar refractivity (Wildman–Crippen MR) is 231 cm³/mol. The summed E-state index contributed by atoms with van der Waals surface area (Å²) < 4.78 is 13.7. The molecular formula is C51H39N5. The van der Waals surface area contributed by atoms with E-state index in [1.165, 1.54) is 17.2 Å². The first-order valence-electron chi connectivity index (χ1n) is 20.2. The quantitative estimate of drug-likeness (QED) is 0.172. The summed E-state index contributed by atoms with van der Waals surface area (Å²) in [7, 11) is 0. The summed E-state index contributed by atoms with van der Waals surface area (Å²) in [4.78, 5) is 15.7. The molecule has 5 heteroatoms. The summed E-state index contributed by atoms with van der Waals surface area (Å²) in [6, 6.07) is 59.7. The fourth-order valence-corrected chi connectivity index (χ4v) is 8.84. The summed E-state index contributed by atoms with van der Waals surface area (Å²) in [5, 5.41) is 4.64. The summed E-state index contributed by atoms with van der Waals surface area (Å²) in [5.41, 5.74) is 10.6. The van der Waals surface area contributed by atoms with Crippen LogP contribution in [-0.2, 0) is 0 Å². The van der Waals surface area contributed by atoms with Crippen LogP contribution in [0.15, 0.2) is 170 Å². The van der Waals surface area contributed by atoms with Crippen LogP contribution in [0.25, 0.3) is 89.2 Å². The standard InChI is InChI=1S/C51H39N5/c1-4-14-34(15-5-1)35-24-26-36(27-25-35)37-28-30-39(31-29-37)50-52-49(38-16-6-2-7-17-38)53-51(54-50)56-46-23-13-11-21-42(46)44-33-32-43-41-20-10-12-22-45(41)55(47(43)48(44)56)40-18-8-3-9-19-40/h2-3,6-13,16-34H,1,4-5,14-15H2/i34D. The van der Waals surface area contributed by atoms with Gasteiger partial charge in [0.2, 0.25) is 5.95 Å². The highest BCUT2D eigenvalue weighted by Crippen LogP contribution is 2.42. The zero-order valence-electron chi connectivity index (χ0n) is 31.9. The van der Waals surface area contributed by atoms with Gasteiger partial charge in [-0.25, -0.2) is 4.98 Å². The average Bonchev–Trinajstić information content (AvgIpc) is 3.80. The van der Waals surface area contributed by atoms with Crippen LogP contribution in [0.5, 0.6) is 0 Å². The van der Waals surface area contributed by atoms with Crippen LogP contribution < -0.4 is 0 Å². The van der Waals surface area contributed by atoms with Crippen LogP contribution in [0, 0.1) is 0 Å². The van der Waals surface area contributed by atoms with Crippen molar-refractivity contribution in [1.29, 1.82) is 0 Å². The third kappa shape index (κ3) is 5.42. The molecule has 0 spiro atoms. The van der Waals surface area contributed by atoms with Crippen LogP contribution in [-0.4, -0.2) is 24.1 Å². The van der Waals surface area contributed by atoms with E-state index in [-0.39, 0.29) is 0 Å². The summed E-state index contributed by atoms with van der Waals surface area (Å²) in [6.45, 7) is 0. The van der Waals surface area contributed by atoms with E-state index < -0.39 is 5.89 Å². The maximum absolute atomic E-state index is 9.09. The van der Waals surface area contributed by atoms with Gasteiger partial charge in [0.25, 0.3) is 0 Å². The minimum absolute atomic E-state index is 0.465. The van der Waals surface area contributed by atoms with Gasteiger partial charge in [0.1, 0.15) is 0 Å². The number of benzene rings is 7. The zero-order valence-corrected chi connectivity index (χ0v) is 30.9. The molecule has 1 aliphatic rings. The molecular weight excluding hydrogens is 683 g/mol. The SMILES string of the molecule is [2H]C1(c2ccc(-c3ccc(-c4nc(-c5ccccc5)nc(-n5c6ccccc6c6ccc7c8ccccc8n(-c8ccccc8)c7c65)n4)cc3)cc2)CCCCC1. The number of nitrogens with zero attached hydrogens (tertiary/aromatic N) is 5. The first-order valence-corrected chi connectivity index (χ1v) is 19.7. The Kier molecular flexibility index (Phi) is 7.57. The van der Waals surface area contributed by atoms with Crippen molar-refractivity contribution in [2.24, 2.45) is 0 Å². The zero-order chi connectivity index (χ0) is 37.9. The molecule has 0 saturated heterocycles. The molecule has 3 heterocycles. The highest BCUT2D eigenvalue weighted by Gasteiger charge is 2.23. The number of aromatic nitrogens is 5.